The van der Waals surface area contributed by atoms with Gasteiger partial charge in [-0.25, -0.2) is 0 Å². The van der Waals surface area contributed by atoms with Crippen molar-refractivity contribution in [3.63, 3.8) is 0 Å². The fourth-order valence-corrected chi connectivity index (χ4v) is 0.199. The second kappa shape index (κ2) is 0.789. The van der Waals surface area contributed by atoms with Gasteiger partial charge in [-0.1, -0.05) is 6.92 Å². The first-order valence-electron chi connectivity index (χ1n) is 1.93. The molecule has 34 valence electrons. The van der Waals surface area contributed by atoms with E-state index in [0.717, 1.165) is 0 Å². The number of aliphatic hydroxyl groups is 1. The SMILES string of the molecule is CCC1(O)N=N1. The highest BCUT2D eigenvalue weighted by atomic mass is 16.3. The Balaban J connectivity index is 2.32. The molecule has 1 aliphatic rings. The second-order valence-electron chi connectivity index (χ2n) is 1.33. The van der Waals surface area contributed by atoms with E-state index < -0.39 is 5.85 Å². The molecule has 0 amide bonds. The fourth-order valence-electron chi connectivity index (χ4n) is 0.199. The third-order valence-corrected chi connectivity index (χ3v) is 0.805. The van der Waals surface area contributed by atoms with Crippen LogP contribution >= 0.6 is 0 Å². The van der Waals surface area contributed by atoms with Gasteiger partial charge in [-0.05, 0) is 0 Å². The zero-order valence-corrected chi connectivity index (χ0v) is 3.55. The summed E-state index contributed by atoms with van der Waals surface area (Å²) < 4.78 is 0. The summed E-state index contributed by atoms with van der Waals surface area (Å²) in [4.78, 5) is 0. The van der Waals surface area contributed by atoms with Gasteiger partial charge in [-0.15, -0.1) is 10.2 Å². The predicted octanol–water partition coefficient (Wildman–Crippen LogP) is 0.508. The molecule has 0 unspecified atom stereocenters. The predicted molar refractivity (Wildman–Crippen MR) is 20.1 cm³/mol. The number of nitrogens with zero attached hydrogens (tertiary/aromatic N) is 2. The molecule has 6 heavy (non-hydrogen) atoms. The lowest BCUT2D eigenvalue weighted by Crippen LogP contribution is -2.04. The van der Waals surface area contributed by atoms with Crippen molar-refractivity contribution in [3.05, 3.63) is 0 Å². The summed E-state index contributed by atoms with van der Waals surface area (Å²) in [6.45, 7) is 1.83. The molecule has 0 aromatic carbocycles. The van der Waals surface area contributed by atoms with Crippen molar-refractivity contribution in [2.75, 3.05) is 0 Å². The Morgan fingerprint density at radius 1 is 1.67 bits per heavy atom. The van der Waals surface area contributed by atoms with Gasteiger partial charge >= 0.3 is 0 Å². The summed E-state index contributed by atoms with van der Waals surface area (Å²) >= 11 is 0. The van der Waals surface area contributed by atoms with Crippen LogP contribution in [0, 0.1) is 0 Å². The molecule has 1 aliphatic heterocycles. The lowest BCUT2D eigenvalue weighted by molar-refractivity contribution is 0.126. The van der Waals surface area contributed by atoms with Crippen LogP contribution < -0.4 is 0 Å². The van der Waals surface area contributed by atoms with Gasteiger partial charge < -0.3 is 5.11 Å². The van der Waals surface area contributed by atoms with Crippen molar-refractivity contribution < 1.29 is 5.11 Å². The van der Waals surface area contributed by atoms with Gasteiger partial charge in [0, 0.05) is 6.42 Å². The quantitative estimate of drug-likeness (QED) is 0.496. The third-order valence-electron chi connectivity index (χ3n) is 0.805. The van der Waals surface area contributed by atoms with Gasteiger partial charge in [0.1, 0.15) is 0 Å². The highest BCUT2D eigenvalue weighted by molar-refractivity contribution is 4.76. The van der Waals surface area contributed by atoms with Crippen LogP contribution in [0.4, 0.5) is 0 Å². The van der Waals surface area contributed by atoms with Crippen LogP contribution in [0.15, 0.2) is 10.2 Å². The van der Waals surface area contributed by atoms with Crippen molar-refractivity contribution in [1.29, 1.82) is 0 Å². The van der Waals surface area contributed by atoms with Crippen molar-refractivity contribution in [2.45, 2.75) is 19.2 Å². The van der Waals surface area contributed by atoms with Gasteiger partial charge in [0.25, 0.3) is 5.85 Å². The second-order valence-corrected chi connectivity index (χ2v) is 1.33. The molecule has 0 atom stereocenters. The van der Waals surface area contributed by atoms with Crippen molar-refractivity contribution >= 4 is 0 Å². The van der Waals surface area contributed by atoms with Crippen molar-refractivity contribution in [1.82, 2.24) is 0 Å². The summed E-state index contributed by atoms with van der Waals surface area (Å²) in [6.07, 6.45) is 0.604. The van der Waals surface area contributed by atoms with Crippen LogP contribution in [-0.4, -0.2) is 11.0 Å². The molecule has 0 fully saturated rings. The number of hydrogen-bond donors (Lipinski definition) is 1. The molecule has 3 heteroatoms. The number of rotatable bonds is 1. The molecule has 1 heterocycles. The summed E-state index contributed by atoms with van der Waals surface area (Å²) in [7, 11) is 0. The minimum absolute atomic E-state index is 0.604. The molecule has 0 saturated carbocycles. The van der Waals surface area contributed by atoms with Crippen LogP contribution in [0.2, 0.25) is 0 Å². The summed E-state index contributed by atoms with van der Waals surface area (Å²) in [5, 5.41) is 15.3. The Labute approximate surface area is 35.7 Å². The van der Waals surface area contributed by atoms with Gasteiger partial charge in [0.15, 0.2) is 0 Å². The highest BCUT2D eigenvalue weighted by Crippen LogP contribution is 2.26. The van der Waals surface area contributed by atoms with Crippen LogP contribution in [0.25, 0.3) is 0 Å². The molecular formula is C3H6N2O. The molecule has 1 N–H and O–H groups in total. The molecule has 0 saturated heterocycles. The first-order valence-corrected chi connectivity index (χ1v) is 1.93. The molecule has 0 bridgehead atoms. The smallest absolute Gasteiger partial charge is 0.290 e. The standard InChI is InChI=1S/C3H6N2O/c1-2-3(6)4-5-3/h6H,2H2,1H3. The van der Waals surface area contributed by atoms with Gasteiger partial charge in [-0.3, -0.25) is 0 Å². The summed E-state index contributed by atoms with van der Waals surface area (Å²) in [5.41, 5.74) is 0. The lowest BCUT2D eigenvalue weighted by atomic mass is 10.4. The van der Waals surface area contributed by atoms with Gasteiger partial charge in [0.05, 0.1) is 0 Å². The van der Waals surface area contributed by atoms with Crippen molar-refractivity contribution in [2.24, 2.45) is 10.2 Å². The molecule has 0 aromatic rings. The van der Waals surface area contributed by atoms with E-state index >= 15 is 0 Å². The zero-order chi connectivity index (χ0) is 4.62. The summed E-state index contributed by atoms with van der Waals surface area (Å²) in [5.74, 6) is -0.958. The monoisotopic (exact) mass is 86.0 g/mol. The van der Waals surface area contributed by atoms with E-state index in [-0.39, 0.29) is 0 Å². The van der Waals surface area contributed by atoms with Gasteiger partial charge in [-0.2, -0.15) is 0 Å². The van der Waals surface area contributed by atoms with Crippen molar-refractivity contribution in [3.8, 4) is 0 Å². The Kier molecular flexibility index (Phi) is 0.492. The molecule has 3 nitrogen and oxygen atoms in total. The topological polar surface area (TPSA) is 45.0 Å². The Bertz CT molecular complexity index is 82.8. The average Bonchev–Trinajstić information content (AvgIpc) is 2.22. The van der Waals surface area contributed by atoms with E-state index in [4.69, 9.17) is 5.11 Å². The van der Waals surface area contributed by atoms with E-state index in [1.807, 2.05) is 6.92 Å². The van der Waals surface area contributed by atoms with E-state index in [2.05, 4.69) is 10.2 Å². The fraction of sp³-hybridized carbons (Fsp3) is 1.00. The first-order chi connectivity index (χ1) is 2.77. The maximum Gasteiger partial charge on any atom is 0.290 e. The van der Waals surface area contributed by atoms with Crippen LogP contribution in [0.5, 0.6) is 0 Å². The lowest BCUT2D eigenvalue weighted by Gasteiger charge is -1.89. The minimum Gasteiger partial charge on any atom is -0.349 e. The van der Waals surface area contributed by atoms with Crippen LogP contribution in [0.1, 0.15) is 13.3 Å². The van der Waals surface area contributed by atoms with Crippen LogP contribution in [-0.2, 0) is 0 Å². The average molecular weight is 86.1 g/mol. The first kappa shape index (κ1) is 3.74. The maximum absolute atomic E-state index is 8.60. The van der Waals surface area contributed by atoms with Crippen LogP contribution in [0.3, 0.4) is 0 Å². The van der Waals surface area contributed by atoms with Gasteiger partial charge in [0.2, 0.25) is 0 Å². The normalized spacial score (nSPS) is 24.3. The Hall–Kier alpha value is -0.440. The third kappa shape index (κ3) is 0.408. The molecular weight excluding hydrogens is 80.0 g/mol. The highest BCUT2D eigenvalue weighted by Gasteiger charge is 2.33. The molecule has 1 rings (SSSR count). The van der Waals surface area contributed by atoms with E-state index in [9.17, 15) is 0 Å². The van der Waals surface area contributed by atoms with E-state index in [0.29, 0.717) is 6.42 Å². The molecule has 0 aromatic heterocycles. The Morgan fingerprint density at radius 3 is 2.17 bits per heavy atom. The molecule has 0 aliphatic carbocycles. The largest absolute Gasteiger partial charge is 0.349 e. The number of hydrogen-bond acceptors (Lipinski definition) is 3. The molecule has 0 spiro atoms. The maximum atomic E-state index is 8.60. The minimum atomic E-state index is -0.958. The summed E-state index contributed by atoms with van der Waals surface area (Å²) in [6, 6.07) is 0. The van der Waals surface area contributed by atoms with E-state index in [1.165, 1.54) is 0 Å². The van der Waals surface area contributed by atoms with E-state index in [1.54, 1.807) is 0 Å². The molecule has 0 radical (unpaired) electrons. The zero-order valence-electron chi connectivity index (χ0n) is 3.55. The Morgan fingerprint density at radius 2 is 2.17 bits per heavy atom.